The van der Waals surface area contributed by atoms with Gasteiger partial charge in [0, 0.05) is 17.6 Å². The first-order chi connectivity index (χ1) is 12.7. The molecule has 2 fully saturated rings. The quantitative estimate of drug-likeness (QED) is 0.745. The number of halogens is 1. The fourth-order valence-electron chi connectivity index (χ4n) is 4.18. The van der Waals surface area contributed by atoms with Crippen molar-refractivity contribution in [3.05, 3.63) is 29.3 Å². The number of thioether (sulfide) groups is 1. The Kier molecular flexibility index (Phi) is 5.45. The molecule has 8 heteroatoms. The topological polar surface area (TPSA) is 63.9 Å². The summed E-state index contributed by atoms with van der Waals surface area (Å²) in [5, 5.41) is 13.1. The van der Waals surface area contributed by atoms with Gasteiger partial charge in [-0.25, -0.2) is 0 Å². The summed E-state index contributed by atoms with van der Waals surface area (Å²) in [5.41, 5.74) is 0.794. The minimum atomic E-state index is 0.201. The van der Waals surface area contributed by atoms with Gasteiger partial charge in [0.15, 0.2) is 0 Å². The third-order valence-corrected chi connectivity index (χ3v) is 6.52. The Labute approximate surface area is 162 Å². The van der Waals surface area contributed by atoms with E-state index in [1.165, 1.54) is 37.4 Å². The Morgan fingerprint density at radius 2 is 2.08 bits per heavy atom. The zero-order valence-corrected chi connectivity index (χ0v) is 16.1. The van der Waals surface area contributed by atoms with Crippen LogP contribution in [0.4, 0.5) is 0 Å². The van der Waals surface area contributed by atoms with Crippen molar-refractivity contribution < 1.29 is 4.79 Å². The maximum Gasteiger partial charge on any atom is 0.233 e. The molecule has 0 radical (unpaired) electrons. The Morgan fingerprint density at radius 1 is 1.23 bits per heavy atom. The number of carbonyl (C=O) groups is 1. The molecule has 2 atom stereocenters. The van der Waals surface area contributed by atoms with Crippen LogP contribution in [0, 0.1) is 5.92 Å². The molecule has 1 amide bonds. The Bertz CT molecular complexity index is 780. The summed E-state index contributed by atoms with van der Waals surface area (Å²) >= 11 is 7.45. The summed E-state index contributed by atoms with van der Waals surface area (Å²) in [6.45, 7) is 0.889. The molecule has 0 unspecified atom stereocenters. The van der Waals surface area contributed by atoms with Crippen molar-refractivity contribution in [3.63, 3.8) is 0 Å². The molecular formula is C18H22ClN5OS. The van der Waals surface area contributed by atoms with Crippen molar-refractivity contribution in [3.8, 4) is 5.69 Å². The fourth-order valence-corrected chi connectivity index (χ4v) is 5.14. The lowest BCUT2D eigenvalue weighted by Crippen LogP contribution is -2.50. The van der Waals surface area contributed by atoms with Crippen LogP contribution in [0.25, 0.3) is 5.69 Å². The van der Waals surface area contributed by atoms with Crippen LogP contribution in [0.3, 0.4) is 0 Å². The summed E-state index contributed by atoms with van der Waals surface area (Å²) in [6.07, 6.45) is 7.37. The predicted octanol–water partition coefficient (Wildman–Crippen LogP) is 3.59. The number of fused-ring (bicyclic) bond motifs is 1. The highest BCUT2D eigenvalue weighted by molar-refractivity contribution is 7.99. The molecule has 138 valence electrons. The van der Waals surface area contributed by atoms with Gasteiger partial charge in [-0.1, -0.05) is 42.3 Å². The lowest BCUT2D eigenvalue weighted by Gasteiger charge is -2.44. The third kappa shape index (κ3) is 3.74. The summed E-state index contributed by atoms with van der Waals surface area (Å²) in [6, 6.07) is 7.81. The molecule has 1 aliphatic heterocycles. The normalized spacial score (nSPS) is 22.9. The van der Waals surface area contributed by atoms with E-state index in [0.717, 1.165) is 25.1 Å². The largest absolute Gasteiger partial charge is 0.339 e. The monoisotopic (exact) mass is 391 g/mol. The van der Waals surface area contributed by atoms with Crippen molar-refractivity contribution in [1.82, 2.24) is 25.1 Å². The number of hydrogen-bond acceptors (Lipinski definition) is 5. The predicted molar refractivity (Wildman–Crippen MR) is 102 cm³/mol. The van der Waals surface area contributed by atoms with E-state index in [9.17, 15) is 4.79 Å². The van der Waals surface area contributed by atoms with Crippen LogP contribution in [0.1, 0.15) is 38.5 Å². The van der Waals surface area contributed by atoms with E-state index in [1.54, 1.807) is 10.7 Å². The van der Waals surface area contributed by atoms with Gasteiger partial charge < -0.3 is 4.90 Å². The maximum atomic E-state index is 12.9. The first-order valence-electron chi connectivity index (χ1n) is 9.19. The van der Waals surface area contributed by atoms with Gasteiger partial charge in [-0.15, -0.1) is 5.10 Å². The minimum absolute atomic E-state index is 0.201. The van der Waals surface area contributed by atoms with E-state index in [1.807, 2.05) is 18.2 Å². The second-order valence-corrected chi connectivity index (χ2v) is 8.36. The van der Waals surface area contributed by atoms with Gasteiger partial charge in [0.1, 0.15) is 0 Å². The number of nitrogens with zero attached hydrogens (tertiary/aromatic N) is 5. The highest BCUT2D eigenvalue weighted by Gasteiger charge is 2.35. The molecule has 1 aliphatic carbocycles. The van der Waals surface area contributed by atoms with Crippen LogP contribution < -0.4 is 0 Å². The Morgan fingerprint density at radius 3 is 2.96 bits per heavy atom. The van der Waals surface area contributed by atoms with Crippen molar-refractivity contribution in [1.29, 1.82) is 0 Å². The number of carbonyl (C=O) groups excluding carboxylic acids is 1. The number of hydrogen-bond donors (Lipinski definition) is 0. The minimum Gasteiger partial charge on any atom is -0.339 e. The standard InChI is InChI=1S/C18H22ClN5OS/c19-14-7-3-8-15(11-14)24-18(20-21-22-24)26-12-17(25)23-10-4-6-13-5-1-2-9-16(13)23/h3,7-8,11,13,16H,1-2,4-6,9-10,12H2/t13-,16+/m0/s1. The van der Waals surface area contributed by atoms with Crippen LogP contribution >= 0.6 is 23.4 Å². The number of amides is 1. The van der Waals surface area contributed by atoms with Crippen LogP contribution in [0.15, 0.2) is 29.4 Å². The van der Waals surface area contributed by atoms with Crippen molar-refractivity contribution in [2.24, 2.45) is 5.92 Å². The molecule has 26 heavy (non-hydrogen) atoms. The van der Waals surface area contributed by atoms with Gasteiger partial charge in [0.2, 0.25) is 11.1 Å². The molecule has 2 aromatic rings. The molecule has 1 saturated heterocycles. The molecule has 1 saturated carbocycles. The van der Waals surface area contributed by atoms with Crippen LogP contribution in [0.2, 0.25) is 5.02 Å². The molecule has 2 aliphatic rings. The number of piperidine rings is 1. The molecular weight excluding hydrogens is 370 g/mol. The van der Waals surface area contributed by atoms with Gasteiger partial charge in [-0.2, -0.15) is 4.68 Å². The zero-order chi connectivity index (χ0) is 17.9. The van der Waals surface area contributed by atoms with E-state index in [-0.39, 0.29) is 5.91 Å². The van der Waals surface area contributed by atoms with Gasteiger partial charge in [-0.05, 0) is 60.2 Å². The van der Waals surface area contributed by atoms with E-state index in [4.69, 9.17) is 11.6 Å². The van der Waals surface area contributed by atoms with E-state index in [2.05, 4.69) is 20.4 Å². The number of benzene rings is 1. The average Bonchev–Trinajstić information content (AvgIpc) is 3.14. The molecule has 1 aromatic heterocycles. The number of likely N-dealkylation sites (tertiary alicyclic amines) is 1. The van der Waals surface area contributed by atoms with Crippen molar-refractivity contribution in [2.75, 3.05) is 12.3 Å². The van der Waals surface area contributed by atoms with E-state index >= 15 is 0 Å². The summed E-state index contributed by atoms with van der Waals surface area (Å²) in [7, 11) is 0. The average molecular weight is 392 g/mol. The molecule has 0 N–H and O–H groups in total. The summed E-state index contributed by atoms with van der Waals surface area (Å²) in [5.74, 6) is 1.26. The van der Waals surface area contributed by atoms with Gasteiger partial charge in [0.25, 0.3) is 0 Å². The summed E-state index contributed by atoms with van der Waals surface area (Å²) < 4.78 is 1.63. The lowest BCUT2D eigenvalue weighted by molar-refractivity contribution is -0.134. The maximum absolute atomic E-state index is 12.9. The number of tetrazole rings is 1. The number of rotatable bonds is 4. The molecule has 4 rings (SSSR count). The Balaban J connectivity index is 1.43. The SMILES string of the molecule is O=C(CSc1nnnn1-c1cccc(Cl)c1)N1CCC[C@@H]2CCCC[C@H]21. The smallest absolute Gasteiger partial charge is 0.233 e. The van der Waals surface area contributed by atoms with Crippen molar-refractivity contribution >= 4 is 29.3 Å². The summed E-state index contributed by atoms with van der Waals surface area (Å²) in [4.78, 5) is 15.0. The van der Waals surface area contributed by atoms with Crippen LogP contribution in [-0.4, -0.2) is 49.4 Å². The second kappa shape index (κ2) is 7.96. The van der Waals surface area contributed by atoms with E-state index < -0.39 is 0 Å². The molecule has 1 aromatic carbocycles. The molecule has 6 nitrogen and oxygen atoms in total. The van der Waals surface area contributed by atoms with Crippen molar-refractivity contribution in [2.45, 2.75) is 49.7 Å². The first-order valence-corrected chi connectivity index (χ1v) is 10.6. The van der Waals surface area contributed by atoms with Gasteiger partial charge >= 0.3 is 0 Å². The highest BCUT2D eigenvalue weighted by Crippen LogP contribution is 2.35. The zero-order valence-electron chi connectivity index (χ0n) is 14.6. The molecule has 2 heterocycles. The van der Waals surface area contributed by atoms with Crippen LogP contribution in [0.5, 0.6) is 0 Å². The molecule has 0 bridgehead atoms. The lowest BCUT2D eigenvalue weighted by atomic mass is 9.78. The highest BCUT2D eigenvalue weighted by atomic mass is 35.5. The van der Waals surface area contributed by atoms with E-state index in [0.29, 0.717) is 27.9 Å². The first kappa shape index (κ1) is 17.8. The number of aromatic nitrogens is 4. The van der Waals surface area contributed by atoms with Gasteiger partial charge in [0.05, 0.1) is 11.4 Å². The van der Waals surface area contributed by atoms with Crippen LogP contribution in [-0.2, 0) is 4.79 Å². The fraction of sp³-hybridized carbons (Fsp3) is 0.556. The van der Waals surface area contributed by atoms with Gasteiger partial charge in [-0.3, -0.25) is 4.79 Å². The third-order valence-electron chi connectivity index (χ3n) is 5.38. The molecule has 0 spiro atoms. The Hall–Kier alpha value is -1.60. The second-order valence-electron chi connectivity index (χ2n) is 6.98.